The van der Waals surface area contributed by atoms with Gasteiger partial charge in [-0.1, -0.05) is 6.07 Å². The summed E-state index contributed by atoms with van der Waals surface area (Å²) in [5, 5.41) is 9.35. The van der Waals surface area contributed by atoms with Crippen LogP contribution in [0.5, 0.6) is 0 Å². The maximum absolute atomic E-state index is 12.9. The standard InChI is InChI=1S/C21H28N4O4/c1-14-2-3-17-18(10-14)23-19(22-17)11-16-13-25(5-4-15(16)12-20(26)27)21(28)24-6-8-29-9-7-24/h2-3,10,15-16H,4-9,11-13H2,1H3,(H,22,23)(H,26,27)/t15-,16-/m0/s1. The third kappa shape index (κ3) is 4.53. The molecule has 3 heterocycles. The van der Waals surface area contributed by atoms with E-state index in [-0.39, 0.29) is 24.3 Å². The zero-order chi connectivity index (χ0) is 20.4. The molecule has 156 valence electrons. The first-order valence-electron chi connectivity index (χ1n) is 10.3. The van der Waals surface area contributed by atoms with E-state index in [4.69, 9.17) is 4.74 Å². The van der Waals surface area contributed by atoms with Crippen LogP contribution in [0.1, 0.15) is 24.2 Å². The number of aryl methyl sites for hydroxylation is 1. The molecule has 2 saturated heterocycles. The molecule has 29 heavy (non-hydrogen) atoms. The molecule has 2 N–H and O–H groups in total. The second kappa shape index (κ2) is 8.41. The van der Waals surface area contributed by atoms with Gasteiger partial charge in [0.25, 0.3) is 0 Å². The summed E-state index contributed by atoms with van der Waals surface area (Å²) in [6, 6.07) is 6.13. The van der Waals surface area contributed by atoms with Gasteiger partial charge in [0, 0.05) is 39.0 Å². The van der Waals surface area contributed by atoms with Gasteiger partial charge < -0.3 is 24.6 Å². The Balaban J connectivity index is 1.50. The number of piperidine rings is 1. The lowest BCUT2D eigenvalue weighted by Crippen LogP contribution is -2.52. The molecule has 2 aliphatic heterocycles. The Morgan fingerprint density at radius 2 is 2.00 bits per heavy atom. The number of imidazole rings is 1. The monoisotopic (exact) mass is 400 g/mol. The summed E-state index contributed by atoms with van der Waals surface area (Å²) in [5.74, 6) is 0.169. The van der Waals surface area contributed by atoms with E-state index >= 15 is 0 Å². The van der Waals surface area contributed by atoms with E-state index < -0.39 is 5.97 Å². The number of carboxylic acid groups (broad SMARTS) is 1. The summed E-state index contributed by atoms with van der Waals surface area (Å²) in [6.07, 6.45) is 1.47. The molecule has 0 aliphatic carbocycles. The van der Waals surface area contributed by atoms with Crippen molar-refractivity contribution in [1.29, 1.82) is 0 Å². The molecule has 2 fully saturated rings. The molecule has 1 aromatic heterocycles. The summed E-state index contributed by atoms with van der Waals surface area (Å²) in [6.45, 7) is 5.57. The Labute approximate surface area is 169 Å². The molecule has 0 saturated carbocycles. The number of benzene rings is 1. The first-order chi connectivity index (χ1) is 14.0. The third-order valence-corrected chi connectivity index (χ3v) is 6.02. The van der Waals surface area contributed by atoms with E-state index in [1.165, 1.54) is 0 Å². The van der Waals surface area contributed by atoms with E-state index in [0.29, 0.717) is 52.2 Å². The van der Waals surface area contributed by atoms with Crippen LogP contribution in [-0.2, 0) is 16.0 Å². The third-order valence-electron chi connectivity index (χ3n) is 6.02. The molecule has 2 aliphatic rings. The molecule has 4 rings (SSSR count). The predicted octanol–water partition coefficient (Wildman–Crippen LogP) is 2.28. The van der Waals surface area contributed by atoms with Gasteiger partial charge in [0.2, 0.25) is 0 Å². The average Bonchev–Trinajstić information content (AvgIpc) is 3.10. The zero-order valence-corrected chi connectivity index (χ0v) is 16.8. The average molecular weight is 400 g/mol. The van der Waals surface area contributed by atoms with E-state index in [1.54, 1.807) is 0 Å². The molecule has 1 aromatic carbocycles. The number of rotatable bonds is 4. The molecule has 8 heteroatoms. The highest BCUT2D eigenvalue weighted by Crippen LogP contribution is 2.30. The minimum absolute atomic E-state index is 0.0345. The van der Waals surface area contributed by atoms with Gasteiger partial charge >= 0.3 is 12.0 Å². The number of fused-ring (bicyclic) bond motifs is 1. The van der Waals surface area contributed by atoms with Gasteiger partial charge in [0.05, 0.1) is 24.2 Å². The smallest absolute Gasteiger partial charge is 0.320 e. The number of ether oxygens (including phenoxy) is 1. The highest BCUT2D eigenvalue weighted by atomic mass is 16.5. The number of aromatic amines is 1. The van der Waals surface area contributed by atoms with Crippen molar-refractivity contribution in [2.75, 3.05) is 39.4 Å². The number of aliphatic carboxylic acids is 1. The number of hydrogen-bond donors (Lipinski definition) is 2. The first-order valence-corrected chi connectivity index (χ1v) is 10.3. The van der Waals surface area contributed by atoms with Crippen LogP contribution in [0, 0.1) is 18.8 Å². The van der Waals surface area contributed by atoms with Crippen LogP contribution < -0.4 is 0 Å². The second-order valence-electron chi connectivity index (χ2n) is 8.14. The van der Waals surface area contributed by atoms with Gasteiger partial charge in [-0.15, -0.1) is 0 Å². The predicted molar refractivity (Wildman–Crippen MR) is 108 cm³/mol. The lowest BCUT2D eigenvalue weighted by atomic mass is 9.81. The molecule has 2 amide bonds. The number of nitrogens with one attached hydrogen (secondary N) is 1. The number of amides is 2. The number of carbonyl (C=O) groups excluding carboxylic acids is 1. The summed E-state index contributed by atoms with van der Waals surface area (Å²) in [4.78, 5) is 36.1. The van der Waals surface area contributed by atoms with Crippen molar-refractivity contribution in [3.05, 3.63) is 29.6 Å². The van der Waals surface area contributed by atoms with Crippen molar-refractivity contribution in [1.82, 2.24) is 19.8 Å². The van der Waals surface area contributed by atoms with Gasteiger partial charge in [-0.2, -0.15) is 0 Å². The quantitative estimate of drug-likeness (QED) is 0.820. The fourth-order valence-electron chi connectivity index (χ4n) is 4.45. The molecule has 0 bridgehead atoms. The van der Waals surface area contributed by atoms with Crippen molar-refractivity contribution in [2.24, 2.45) is 11.8 Å². The molecule has 2 atom stereocenters. The molecule has 2 aromatic rings. The van der Waals surface area contributed by atoms with Gasteiger partial charge in [-0.25, -0.2) is 9.78 Å². The van der Waals surface area contributed by atoms with E-state index in [0.717, 1.165) is 22.4 Å². The Hall–Kier alpha value is -2.61. The maximum atomic E-state index is 12.9. The number of hydrogen-bond acceptors (Lipinski definition) is 4. The largest absolute Gasteiger partial charge is 0.481 e. The van der Waals surface area contributed by atoms with Crippen molar-refractivity contribution >= 4 is 23.0 Å². The zero-order valence-electron chi connectivity index (χ0n) is 16.8. The van der Waals surface area contributed by atoms with E-state index in [2.05, 4.69) is 16.0 Å². The van der Waals surface area contributed by atoms with E-state index in [9.17, 15) is 14.7 Å². The number of morpholine rings is 1. The minimum Gasteiger partial charge on any atom is -0.481 e. The van der Waals surface area contributed by atoms with Crippen LogP contribution in [0.25, 0.3) is 11.0 Å². The van der Waals surface area contributed by atoms with Crippen LogP contribution >= 0.6 is 0 Å². The number of urea groups is 1. The normalized spacial score (nSPS) is 22.8. The molecule has 0 spiro atoms. The van der Waals surface area contributed by atoms with Gasteiger partial charge in [0.1, 0.15) is 5.82 Å². The lowest BCUT2D eigenvalue weighted by molar-refractivity contribution is -0.139. The fourth-order valence-corrected chi connectivity index (χ4v) is 4.45. The topological polar surface area (TPSA) is 98.8 Å². The highest BCUT2D eigenvalue weighted by molar-refractivity contribution is 5.76. The fraction of sp³-hybridized carbons (Fsp3) is 0.571. The van der Waals surface area contributed by atoms with Gasteiger partial charge in [-0.05, 0) is 42.9 Å². The summed E-state index contributed by atoms with van der Waals surface area (Å²) in [5.41, 5.74) is 3.07. The van der Waals surface area contributed by atoms with Crippen molar-refractivity contribution in [3.63, 3.8) is 0 Å². The van der Waals surface area contributed by atoms with Crippen molar-refractivity contribution in [3.8, 4) is 0 Å². The number of likely N-dealkylation sites (tertiary alicyclic amines) is 1. The molecule has 8 nitrogen and oxygen atoms in total. The highest BCUT2D eigenvalue weighted by Gasteiger charge is 2.35. The number of H-pyrrole nitrogens is 1. The Bertz CT molecular complexity index is 890. The summed E-state index contributed by atoms with van der Waals surface area (Å²) < 4.78 is 5.35. The molecule has 0 unspecified atom stereocenters. The number of carbonyl (C=O) groups is 2. The van der Waals surface area contributed by atoms with Crippen LogP contribution in [0.3, 0.4) is 0 Å². The Morgan fingerprint density at radius 1 is 1.21 bits per heavy atom. The summed E-state index contributed by atoms with van der Waals surface area (Å²) >= 11 is 0. The van der Waals surface area contributed by atoms with Crippen LogP contribution in [0.2, 0.25) is 0 Å². The Morgan fingerprint density at radius 3 is 2.76 bits per heavy atom. The van der Waals surface area contributed by atoms with Crippen LogP contribution in [0.15, 0.2) is 18.2 Å². The van der Waals surface area contributed by atoms with Gasteiger partial charge in [0.15, 0.2) is 0 Å². The molecular formula is C21H28N4O4. The summed E-state index contributed by atoms with van der Waals surface area (Å²) in [7, 11) is 0. The SMILES string of the molecule is Cc1ccc2nc(C[C@H]3CN(C(=O)N4CCOCC4)CC[C@H]3CC(=O)O)[nH]c2c1. The van der Waals surface area contributed by atoms with Crippen molar-refractivity contribution < 1.29 is 19.4 Å². The number of carboxylic acids is 1. The molecule has 0 radical (unpaired) electrons. The molecular weight excluding hydrogens is 372 g/mol. The maximum Gasteiger partial charge on any atom is 0.320 e. The first kappa shape index (κ1) is 19.7. The van der Waals surface area contributed by atoms with Crippen molar-refractivity contribution in [2.45, 2.75) is 26.2 Å². The van der Waals surface area contributed by atoms with E-state index in [1.807, 2.05) is 28.9 Å². The van der Waals surface area contributed by atoms with Crippen LogP contribution in [0.4, 0.5) is 4.79 Å². The Kier molecular flexibility index (Phi) is 5.71. The number of nitrogens with zero attached hydrogens (tertiary/aromatic N) is 3. The number of aromatic nitrogens is 2. The second-order valence-corrected chi connectivity index (χ2v) is 8.14. The van der Waals surface area contributed by atoms with Crippen LogP contribution in [-0.4, -0.2) is 76.3 Å². The minimum atomic E-state index is -0.784. The van der Waals surface area contributed by atoms with Gasteiger partial charge in [-0.3, -0.25) is 4.79 Å². The lowest BCUT2D eigenvalue weighted by Gasteiger charge is -2.40.